The van der Waals surface area contributed by atoms with E-state index in [0.717, 1.165) is 42.4 Å². The first-order valence-corrected chi connectivity index (χ1v) is 9.21. The van der Waals surface area contributed by atoms with Crippen molar-refractivity contribution in [2.75, 3.05) is 0 Å². The largest absolute Gasteiger partial charge is 0.300 e. The normalized spacial score (nSPS) is 38.4. The van der Waals surface area contributed by atoms with E-state index in [1.54, 1.807) is 38.5 Å². The molecule has 0 spiro atoms. The summed E-state index contributed by atoms with van der Waals surface area (Å²) in [5, 5.41) is 0. The van der Waals surface area contributed by atoms with Gasteiger partial charge in [0.15, 0.2) is 0 Å². The predicted octanol–water partition coefficient (Wildman–Crippen LogP) is 5.52. The van der Waals surface area contributed by atoms with Crippen LogP contribution in [0.2, 0.25) is 0 Å². The van der Waals surface area contributed by atoms with Crippen molar-refractivity contribution in [3.63, 3.8) is 0 Å². The number of hydrogen-bond acceptors (Lipinski definition) is 1. The Morgan fingerprint density at radius 2 is 1.45 bits per heavy atom. The first-order chi connectivity index (χ1) is 9.69. The van der Waals surface area contributed by atoms with Crippen molar-refractivity contribution >= 4 is 5.78 Å². The molecule has 4 saturated carbocycles. The fourth-order valence-electron chi connectivity index (χ4n) is 5.95. The average molecular weight is 276 g/mol. The van der Waals surface area contributed by atoms with Gasteiger partial charge in [-0.15, -0.1) is 0 Å². The van der Waals surface area contributed by atoms with E-state index in [4.69, 9.17) is 0 Å². The number of unbranched alkanes of at least 4 members (excludes halogenated alkanes) is 3. The van der Waals surface area contributed by atoms with Gasteiger partial charge in [-0.2, -0.15) is 0 Å². The second-order valence-corrected chi connectivity index (χ2v) is 8.22. The van der Waals surface area contributed by atoms with Crippen molar-refractivity contribution < 1.29 is 4.79 Å². The molecule has 0 amide bonds. The van der Waals surface area contributed by atoms with Crippen LogP contribution in [-0.2, 0) is 4.79 Å². The van der Waals surface area contributed by atoms with E-state index in [0.29, 0.717) is 5.78 Å². The zero-order valence-electron chi connectivity index (χ0n) is 13.3. The van der Waals surface area contributed by atoms with E-state index < -0.39 is 0 Å². The van der Waals surface area contributed by atoms with Crippen LogP contribution in [0.15, 0.2) is 0 Å². The standard InChI is InChI=1S/C19H32O/c1-2-18(20)7-5-3-4-6-8-19-12-15-9-16(13-19)11-17(10-15)14-19/h15-17H,2-14H2,1H3. The van der Waals surface area contributed by atoms with Crippen molar-refractivity contribution in [2.24, 2.45) is 23.2 Å². The average Bonchev–Trinajstić information content (AvgIpc) is 2.40. The summed E-state index contributed by atoms with van der Waals surface area (Å²) in [7, 11) is 0. The quantitative estimate of drug-likeness (QED) is 0.533. The smallest absolute Gasteiger partial charge is 0.132 e. The van der Waals surface area contributed by atoms with Crippen molar-refractivity contribution in [1.82, 2.24) is 0 Å². The number of ketones is 1. The van der Waals surface area contributed by atoms with Crippen LogP contribution in [0.5, 0.6) is 0 Å². The summed E-state index contributed by atoms with van der Waals surface area (Å²) in [5.74, 6) is 3.75. The molecular formula is C19H32O. The highest BCUT2D eigenvalue weighted by Crippen LogP contribution is 2.61. The van der Waals surface area contributed by atoms with Crippen LogP contribution in [-0.4, -0.2) is 5.78 Å². The van der Waals surface area contributed by atoms with Gasteiger partial charge in [0.1, 0.15) is 5.78 Å². The zero-order valence-corrected chi connectivity index (χ0v) is 13.3. The summed E-state index contributed by atoms with van der Waals surface area (Å²) < 4.78 is 0. The van der Waals surface area contributed by atoms with Crippen molar-refractivity contribution in [1.29, 1.82) is 0 Å². The highest BCUT2D eigenvalue weighted by molar-refractivity contribution is 5.77. The van der Waals surface area contributed by atoms with Crippen LogP contribution in [0.1, 0.15) is 90.4 Å². The fourth-order valence-corrected chi connectivity index (χ4v) is 5.95. The lowest BCUT2D eigenvalue weighted by molar-refractivity contribution is -0.118. The molecule has 0 heterocycles. The molecule has 0 aromatic heterocycles. The monoisotopic (exact) mass is 276 g/mol. The molecule has 0 aromatic carbocycles. The van der Waals surface area contributed by atoms with Crippen LogP contribution >= 0.6 is 0 Å². The summed E-state index contributed by atoms with van der Waals surface area (Å²) in [5.41, 5.74) is 0.772. The second kappa shape index (κ2) is 6.20. The molecule has 0 atom stereocenters. The molecule has 4 bridgehead atoms. The Kier molecular flexibility index (Phi) is 4.52. The third-order valence-electron chi connectivity index (χ3n) is 6.47. The molecule has 114 valence electrons. The van der Waals surface area contributed by atoms with Crippen LogP contribution in [0.3, 0.4) is 0 Å². The van der Waals surface area contributed by atoms with Gasteiger partial charge in [0, 0.05) is 12.8 Å². The molecule has 1 nitrogen and oxygen atoms in total. The lowest BCUT2D eigenvalue weighted by Crippen LogP contribution is -2.45. The molecule has 0 unspecified atom stereocenters. The molecule has 0 aromatic rings. The first-order valence-electron chi connectivity index (χ1n) is 9.21. The van der Waals surface area contributed by atoms with Crippen molar-refractivity contribution in [3.05, 3.63) is 0 Å². The van der Waals surface area contributed by atoms with E-state index in [1.165, 1.54) is 25.7 Å². The Bertz CT molecular complexity index is 308. The van der Waals surface area contributed by atoms with Crippen molar-refractivity contribution in [2.45, 2.75) is 90.4 Å². The number of Topliss-reactive ketones (excluding diaryl/α,β-unsaturated/α-hetero) is 1. The van der Waals surface area contributed by atoms with Gasteiger partial charge in [0.2, 0.25) is 0 Å². The Morgan fingerprint density at radius 3 is 2.00 bits per heavy atom. The van der Waals surface area contributed by atoms with E-state index in [9.17, 15) is 4.79 Å². The van der Waals surface area contributed by atoms with Crippen LogP contribution in [0.4, 0.5) is 0 Å². The third-order valence-corrected chi connectivity index (χ3v) is 6.47. The fraction of sp³-hybridized carbons (Fsp3) is 0.947. The van der Waals surface area contributed by atoms with Gasteiger partial charge in [-0.25, -0.2) is 0 Å². The molecule has 4 fully saturated rings. The highest BCUT2D eigenvalue weighted by atomic mass is 16.1. The molecule has 0 saturated heterocycles. The Morgan fingerprint density at radius 1 is 0.900 bits per heavy atom. The van der Waals surface area contributed by atoms with Gasteiger partial charge < -0.3 is 0 Å². The maximum atomic E-state index is 11.3. The molecule has 4 rings (SSSR count). The maximum Gasteiger partial charge on any atom is 0.132 e. The summed E-state index contributed by atoms with van der Waals surface area (Å²) in [4.78, 5) is 11.3. The Hall–Kier alpha value is -0.330. The molecule has 20 heavy (non-hydrogen) atoms. The minimum Gasteiger partial charge on any atom is -0.300 e. The summed E-state index contributed by atoms with van der Waals surface area (Å²) in [6.45, 7) is 1.98. The molecule has 0 N–H and O–H groups in total. The molecule has 4 aliphatic rings. The number of hydrogen-bond donors (Lipinski definition) is 0. The minimum absolute atomic E-state index is 0.450. The summed E-state index contributed by atoms with van der Waals surface area (Å²) in [6.07, 6.45) is 17.6. The lowest BCUT2D eigenvalue weighted by atomic mass is 9.48. The number of rotatable bonds is 8. The summed E-state index contributed by atoms with van der Waals surface area (Å²) in [6, 6.07) is 0. The van der Waals surface area contributed by atoms with Gasteiger partial charge in [-0.3, -0.25) is 4.79 Å². The zero-order chi connectivity index (χ0) is 14.0. The van der Waals surface area contributed by atoms with E-state index >= 15 is 0 Å². The SMILES string of the molecule is CCC(=O)CCCCCCC12CC3CC(CC(C3)C1)C2. The third kappa shape index (κ3) is 3.28. The highest BCUT2D eigenvalue weighted by Gasteiger charge is 2.50. The molecule has 0 aliphatic heterocycles. The number of carbonyl (C=O) groups is 1. The van der Waals surface area contributed by atoms with E-state index in [2.05, 4.69) is 0 Å². The predicted molar refractivity (Wildman–Crippen MR) is 83.6 cm³/mol. The molecule has 1 heteroatoms. The van der Waals surface area contributed by atoms with E-state index in [1.807, 2.05) is 6.92 Å². The molecule has 0 radical (unpaired) electrons. The van der Waals surface area contributed by atoms with Crippen LogP contribution in [0, 0.1) is 23.2 Å². The topological polar surface area (TPSA) is 17.1 Å². The van der Waals surface area contributed by atoms with Gasteiger partial charge in [-0.05, 0) is 74.5 Å². The van der Waals surface area contributed by atoms with Gasteiger partial charge in [0.05, 0.1) is 0 Å². The van der Waals surface area contributed by atoms with E-state index in [-0.39, 0.29) is 0 Å². The van der Waals surface area contributed by atoms with Gasteiger partial charge in [-0.1, -0.05) is 26.2 Å². The second-order valence-electron chi connectivity index (χ2n) is 8.22. The van der Waals surface area contributed by atoms with Crippen LogP contribution < -0.4 is 0 Å². The number of carbonyl (C=O) groups excluding carboxylic acids is 1. The minimum atomic E-state index is 0.450. The molecular weight excluding hydrogens is 244 g/mol. The van der Waals surface area contributed by atoms with Crippen molar-refractivity contribution in [3.8, 4) is 0 Å². The van der Waals surface area contributed by atoms with Gasteiger partial charge in [0.25, 0.3) is 0 Å². The lowest BCUT2D eigenvalue weighted by Gasteiger charge is -2.57. The molecule has 4 aliphatic carbocycles. The first kappa shape index (κ1) is 14.6. The maximum absolute atomic E-state index is 11.3. The Labute approximate surface area is 124 Å². The summed E-state index contributed by atoms with van der Waals surface area (Å²) >= 11 is 0. The Balaban J connectivity index is 1.35. The van der Waals surface area contributed by atoms with Gasteiger partial charge >= 0.3 is 0 Å². The van der Waals surface area contributed by atoms with Crippen LogP contribution in [0.25, 0.3) is 0 Å².